The molecule has 0 radical (unpaired) electrons. The second-order valence-corrected chi connectivity index (χ2v) is 4.82. The van der Waals surface area contributed by atoms with Crippen molar-refractivity contribution in [3.05, 3.63) is 51.4 Å². The van der Waals surface area contributed by atoms with E-state index in [1.54, 1.807) is 36.8 Å². The van der Waals surface area contributed by atoms with Crippen LogP contribution in [0.4, 0.5) is 0 Å². The number of hydrogen-bond acceptors (Lipinski definition) is 4. The zero-order valence-electron chi connectivity index (χ0n) is 8.63. The molecule has 0 aliphatic rings. The molecule has 0 aliphatic carbocycles. The van der Waals surface area contributed by atoms with Gasteiger partial charge in [-0.3, -0.25) is 9.78 Å². The zero-order valence-corrected chi connectivity index (χ0v) is 10.2. The predicted octanol–water partition coefficient (Wildman–Crippen LogP) is 2.56. The van der Waals surface area contributed by atoms with Gasteiger partial charge in [0.15, 0.2) is 0 Å². The maximum Gasteiger partial charge on any atom is 0.271 e. The molecule has 0 atom stereocenters. The van der Waals surface area contributed by atoms with Crippen molar-refractivity contribution in [2.45, 2.75) is 0 Å². The first-order chi connectivity index (χ1) is 8.25. The van der Waals surface area contributed by atoms with Gasteiger partial charge in [-0.15, -0.1) is 11.3 Å². The standard InChI is InChI=1S/C11H8ClN3OS/c12-10-2-1-9(17-10)7-14-15-11(16)8-3-5-13-6-4-8/h1-7H,(H,15,16). The van der Waals surface area contributed by atoms with Crippen molar-refractivity contribution in [1.82, 2.24) is 10.4 Å². The fraction of sp³-hybridized carbons (Fsp3) is 0. The summed E-state index contributed by atoms with van der Waals surface area (Å²) < 4.78 is 0.687. The van der Waals surface area contributed by atoms with Crippen LogP contribution in [0.3, 0.4) is 0 Å². The molecule has 2 rings (SSSR count). The van der Waals surface area contributed by atoms with Gasteiger partial charge in [0.25, 0.3) is 5.91 Å². The average molecular weight is 266 g/mol. The minimum Gasteiger partial charge on any atom is -0.267 e. The van der Waals surface area contributed by atoms with Gasteiger partial charge in [-0.25, -0.2) is 5.43 Å². The molecule has 4 nitrogen and oxygen atoms in total. The lowest BCUT2D eigenvalue weighted by molar-refractivity contribution is 0.0955. The summed E-state index contributed by atoms with van der Waals surface area (Å²) in [5, 5.41) is 3.84. The summed E-state index contributed by atoms with van der Waals surface area (Å²) in [7, 11) is 0. The number of thiophene rings is 1. The van der Waals surface area contributed by atoms with Crippen molar-refractivity contribution in [3.63, 3.8) is 0 Å². The van der Waals surface area contributed by atoms with Crippen LogP contribution in [0.5, 0.6) is 0 Å². The zero-order chi connectivity index (χ0) is 12.1. The van der Waals surface area contributed by atoms with Crippen LogP contribution in [0.15, 0.2) is 41.8 Å². The van der Waals surface area contributed by atoms with E-state index in [1.165, 1.54) is 11.3 Å². The van der Waals surface area contributed by atoms with E-state index in [9.17, 15) is 4.79 Å². The molecule has 0 bridgehead atoms. The molecule has 0 fully saturated rings. The van der Waals surface area contributed by atoms with Crippen LogP contribution in [0.2, 0.25) is 4.34 Å². The lowest BCUT2D eigenvalue weighted by Crippen LogP contribution is -2.17. The van der Waals surface area contributed by atoms with Gasteiger partial charge in [-0.05, 0) is 24.3 Å². The Kier molecular flexibility index (Phi) is 3.85. The Labute approximate surface area is 107 Å². The highest BCUT2D eigenvalue weighted by atomic mass is 35.5. The Hall–Kier alpha value is -1.72. The molecule has 6 heteroatoms. The van der Waals surface area contributed by atoms with Gasteiger partial charge in [0.05, 0.1) is 10.6 Å². The number of aromatic nitrogens is 1. The second kappa shape index (κ2) is 5.56. The largest absolute Gasteiger partial charge is 0.271 e. The summed E-state index contributed by atoms with van der Waals surface area (Å²) >= 11 is 7.15. The Bertz CT molecular complexity index is 539. The van der Waals surface area contributed by atoms with E-state index < -0.39 is 0 Å². The van der Waals surface area contributed by atoms with Crippen molar-refractivity contribution < 1.29 is 4.79 Å². The average Bonchev–Trinajstić information content (AvgIpc) is 2.76. The number of nitrogens with zero attached hydrogens (tertiary/aromatic N) is 2. The molecule has 0 spiro atoms. The van der Waals surface area contributed by atoms with Crippen molar-refractivity contribution in [2.75, 3.05) is 0 Å². The molecule has 0 unspecified atom stereocenters. The monoisotopic (exact) mass is 265 g/mol. The quantitative estimate of drug-likeness (QED) is 0.685. The fourth-order valence-electron chi connectivity index (χ4n) is 1.12. The molecule has 0 saturated carbocycles. The van der Waals surface area contributed by atoms with E-state index in [4.69, 9.17) is 11.6 Å². The number of amides is 1. The van der Waals surface area contributed by atoms with Crippen molar-refractivity contribution in [2.24, 2.45) is 5.10 Å². The summed E-state index contributed by atoms with van der Waals surface area (Å²) in [6, 6.07) is 6.84. The molecular formula is C11H8ClN3OS. The minimum atomic E-state index is -0.272. The Balaban J connectivity index is 1.95. The van der Waals surface area contributed by atoms with E-state index in [1.807, 2.05) is 6.07 Å². The van der Waals surface area contributed by atoms with Crippen LogP contribution >= 0.6 is 22.9 Å². The molecular weight excluding hydrogens is 258 g/mol. The van der Waals surface area contributed by atoms with Crippen LogP contribution < -0.4 is 5.43 Å². The van der Waals surface area contributed by atoms with E-state index >= 15 is 0 Å². The number of carbonyl (C=O) groups excluding carboxylic acids is 1. The predicted molar refractivity (Wildman–Crippen MR) is 68.6 cm³/mol. The summed E-state index contributed by atoms with van der Waals surface area (Å²) in [5.74, 6) is -0.272. The highest BCUT2D eigenvalue weighted by Gasteiger charge is 2.02. The molecule has 86 valence electrons. The van der Waals surface area contributed by atoms with Crippen LogP contribution in [0.1, 0.15) is 15.2 Å². The molecule has 1 N–H and O–H groups in total. The van der Waals surface area contributed by atoms with Crippen LogP contribution in [-0.2, 0) is 0 Å². The Morgan fingerprint density at radius 1 is 1.35 bits per heavy atom. The highest BCUT2D eigenvalue weighted by Crippen LogP contribution is 2.19. The number of rotatable bonds is 3. The van der Waals surface area contributed by atoms with E-state index in [0.717, 1.165) is 4.88 Å². The molecule has 1 amide bonds. The van der Waals surface area contributed by atoms with Gasteiger partial charge in [-0.2, -0.15) is 5.10 Å². The van der Waals surface area contributed by atoms with Gasteiger partial charge in [0, 0.05) is 22.8 Å². The van der Waals surface area contributed by atoms with Crippen molar-refractivity contribution >= 4 is 35.1 Å². The topological polar surface area (TPSA) is 54.4 Å². The maximum atomic E-state index is 11.6. The third-order valence-electron chi connectivity index (χ3n) is 1.89. The third kappa shape index (κ3) is 3.37. The van der Waals surface area contributed by atoms with Crippen molar-refractivity contribution in [1.29, 1.82) is 0 Å². The van der Waals surface area contributed by atoms with Gasteiger partial charge in [-0.1, -0.05) is 11.6 Å². The van der Waals surface area contributed by atoms with Gasteiger partial charge in [0.2, 0.25) is 0 Å². The van der Waals surface area contributed by atoms with Crippen molar-refractivity contribution in [3.8, 4) is 0 Å². The normalized spacial score (nSPS) is 10.6. The minimum absolute atomic E-state index is 0.272. The molecule has 0 aliphatic heterocycles. The first-order valence-corrected chi connectivity index (χ1v) is 5.94. The number of nitrogens with one attached hydrogen (secondary N) is 1. The number of halogens is 1. The fourth-order valence-corrected chi connectivity index (χ4v) is 2.05. The second-order valence-electron chi connectivity index (χ2n) is 3.08. The number of hydrogen-bond donors (Lipinski definition) is 1. The molecule has 0 saturated heterocycles. The third-order valence-corrected chi connectivity index (χ3v) is 3.06. The highest BCUT2D eigenvalue weighted by molar-refractivity contribution is 7.17. The maximum absolute atomic E-state index is 11.6. The Morgan fingerprint density at radius 2 is 2.12 bits per heavy atom. The number of hydrazone groups is 1. The van der Waals surface area contributed by atoms with E-state index in [0.29, 0.717) is 9.90 Å². The van der Waals surface area contributed by atoms with E-state index in [2.05, 4.69) is 15.5 Å². The van der Waals surface area contributed by atoms with Crippen LogP contribution in [-0.4, -0.2) is 17.1 Å². The summed E-state index contributed by atoms with van der Waals surface area (Å²) in [5.41, 5.74) is 2.94. The smallest absolute Gasteiger partial charge is 0.267 e. The summed E-state index contributed by atoms with van der Waals surface area (Å²) in [4.78, 5) is 16.3. The summed E-state index contributed by atoms with van der Waals surface area (Å²) in [6.07, 6.45) is 4.66. The molecule has 2 aromatic rings. The lowest BCUT2D eigenvalue weighted by atomic mass is 10.3. The van der Waals surface area contributed by atoms with Crippen LogP contribution in [0.25, 0.3) is 0 Å². The van der Waals surface area contributed by atoms with Gasteiger partial charge < -0.3 is 0 Å². The Morgan fingerprint density at radius 3 is 2.76 bits per heavy atom. The molecule has 0 aromatic carbocycles. The van der Waals surface area contributed by atoms with Crippen LogP contribution in [0, 0.1) is 0 Å². The molecule has 2 aromatic heterocycles. The summed E-state index contributed by atoms with van der Waals surface area (Å²) in [6.45, 7) is 0. The number of carbonyl (C=O) groups is 1. The lowest BCUT2D eigenvalue weighted by Gasteiger charge is -1.97. The number of pyridine rings is 1. The van der Waals surface area contributed by atoms with Gasteiger partial charge >= 0.3 is 0 Å². The van der Waals surface area contributed by atoms with Gasteiger partial charge in [0.1, 0.15) is 0 Å². The first kappa shape index (κ1) is 11.8. The SMILES string of the molecule is O=C(NN=Cc1ccc(Cl)s1)c1ccncc1. The first-order valence-electron chi connectivity index (χ1n) is 4.74. The molecule has 2 heterocycles. The molecule has 17 heavy (non-hydrogen) atoms. The van der Waals surface area contributed by atoms with E-state index in [-0.39, 0.29) is 5.91 Å².